The zero-order chi connectivity index (χ0) is 32.6. The number of anilines is 4. The third kappa shape index (κ3) is 10.5. The number of hydrogen-bond donors (Lipinski definition) is 0. The van der Waals surface area contributed by atoms with Gasteiger partial charge in [-0.05, 0) is 70.8 Å². The smallest absolute Gasteiger partial charge is 0.0361 e. The molecule has 4 rings (SSSR count). The SMILES string of the molecule is CN(C)c1ccc(C([S-])=C([S-])c2ccc(N(C)C)cc2)cc1.CN(C)c1ccc(C([S-])=C([S-])c2ccc(N(C)C)cc2)cc1.[Ni]. The summed E-state index contributed by atoms with van der Waals surface area (Å²) in [6, 6.07) is 32.6. The van der Waals surface area contributed by atoms with Crippen LogP contribution in [0.4, 0.5) is 22.7 Å². The Labute approximate surface area is 302 Å². The van der Waals surface area contributed by atoms with Gasteiger partial charge in [-0.2, -0.15) is 19.6 Å². The summed E-state index contributed by atoms with van der Waals surface area (Å²) in [5, 5.41) is 0. The summed E-state index contributed by atoms with van der Waals surface area (Å²) in [6.07, 6.45) is 0. The van der Waals surface area contributed by atoms with E-state index < -0.39 is 0 Å². The van der Waals surface area contributed by atoms with Crippen LogP contribution < -0.4 is 19.6 Å². The molecule has 4 nitrogen and oxygen atoms in total. The maximum Gasteiger partial charge on any atom is 0.0361 e. The Balaban J connectivity index is 0.000000307. The van der Waals surface area contributed by atoms with E-state index in [1.165, 1.54) is 0 Å². The largest absolute Gasteiger partial charge is 0.781 e. The maximum absolute atomic E-state index is 5.55. The summed E-state index contributed by atoms with van der Waals surface area (Å²) >= 11 is 22.2. The Kier molecular flexibility index (Phi) is 14.9. The normalized spacial score (nSPS) is 11.6. The summed E-state index contributed by atoms with van der Waals surface area (Å²) in [6.45, 7) is 0. The van der Waals surface area contributed by atoms with Crippen LogP contribution in [0.3, 0.4) is 0 Å². The quantitative estimate of drug-likeness (QED) is 0.105. The molecule has 0 spiro atoms. The molecule has 0 aliphatic heterocycles. The molecule has 0 atom stereocenters. The molecule has 0 saturated heterocycles. The molecule has 0 aromatic heterocycles. The van der Waals surface area contributed by atoms with Gasteiger partial charge >= 0.3 is 0 Å². The first-order valence-corrected chi connectivity index (χ1v) is 15.7. The molecule has 0 N–H and O–H groups in total. The van der Waals surface area contributed by atoms with Crippen LogP contribution in [0.1, 0.15) is 22.3 Å². The van der Waals surface area contributed by atoms with Crippen molar-refractivity contribution in [1.29, 1.82) is 0 Å². The number of rotatable bonds is 8. The van der Waals surface area contributed by atoms with E-state index in [9.17, 15) is 0 Å². The Morgan fingerprint density at radius 2 is 0.444 bits per heavy atom. The number of nitrogens with zero attached hydrogens (tertiary/aromatic N) is 4. The Morgan fingerprint density at radius 1 is 0.311 bits per heavy atom. The van der Waals surface area contributed by atoms with Crippen LogP contribution in [0.2, 0.25) is 0 Å². The van der Waals surface area contributed by atoms with Crippen LogP contribution in [0, 0.1) is 0 Å². The van der Waals surface area contributed by atoms with Crippen molar-refractivity contribution in [3.05, 3.63) is 119 Å². The van der Waals surface area contributed by atoms with Gasteiger partial charge in [-0.1, -0.05) is 48.5 Å². The van der Waals surface area contributed by atoms with Gasteiger partial charge in [0.15, 0.2) is 0 Å². The second-order valence-electron chi connectivity index (χ2n) is 11.1. The fourth-order valence-electron chi connectivity index (χ4n) is 4.17. The molecular formula is C36H40N4NiS4-4. The van der Waals surface area contributed by atoms with Crippen molar-refractivity contribution in [3.63, 3.8) is 0 Å². The zero-order valence-corrected chi connectivity index (χ0v) is 31.2. The second kappa shape index (κ2) is 17.6. The third-order valence-corrected chi connectivity index (χ3v) is 9.01. The summed E-state index contributed by atoms with van der Waals surface area (Å²) in [5.41, 5.74) is 8.54. The van der Waals surface area contributed by atoms with Gasteiger partial charge in [0.2, 0.25) is 0 Å². The van der Waals surface area contributed by atoms with Gasteiger partial charge in [-0.25, -0.2) is 0 Å². The van der Waals surface area contributed by atoms with Crippen molar-refractivity contribution in [1.82, 2.24) is 0 Å². The average molecular weight is 716 g/mol. The molecule has 0 amide bonds. The zero-order valence-electron chi connectivity index (χ0n) is 27.0. The summed E-state index contributed by atoms with van der Waals surface area (Å²) in [4.78, 5) is 11.1. The van der Waals surface area contributed by atoms with Crippen molar-refractivity contribution in [3.8, 4) is 0 Å². The van der Waals surface area contributed by atoms with Gasteiger partial charge in [-0.15, -0.1) is 0 Å². The first-order chi connectivity index (χ1) is 20.8. The van der Waals surface area contributed by atoms with Gasteiger partial charge < -0.3 is 70.1 Å². The minimum absolute atomic E-state index is 0. The molecule has 0 aliphatic carbocycles. The molecule has 0 fully saturated rings. The fourth-order valence-corrected chi connectivity index (χ4v) is 5.18. The third-order valence-electron chi connectivity index (χ3n) is 7.00. The molecule has 242 valence electrons. The van der Waals surface area contributed by atoms with E-state index in [0.29, 0.717) is 0 Å². The Morgan fingerprint density at radius 3 is 0.556 bits per heavy atom. The average Bonchev–Trinajstić information content (AvgIpc) is 3.03. The van der Waals surface area contributed by atoms with E-state index in [2.05, 4.69) is 68.1 Å². The van der Waals surface area contributed by atoms with E-state index in [4.69, 9.17) is 50.5 Å². The van der Waals surface area contributed by atoms with Crippen molar-refractivity contribution >= 4 is 92.9 Å². The minimum Gasteiger partial charge on any atom is -0.781 e. The molecule has 0 heterocycles. The van der Waals surface area contributed by atoms with Crippen LogP contribution in [0.25, 0.3) is 19.6 Å². The van der Waals surface area contributed by atoms with Gasteiger partial charge in [0.05, 0.1) is 0 Å². The fraction of sp³-hybridized carbons (Fsp3) is 0.222. The Hall–Kier alpha value is -3.07. The van der Waals surface area contributed by atoms with Crippen LogP contribution in [-0.4, -0.2) is 56.4 Å². The van der Waals surface area contributed by atoms with E-state index >= 15 is 0 Å². The predicted molar refractivity (Wildman–Crippen MR) is 206 cm³/mol. The molecular weight excluding hydrogens is 675 g/mol. The molecule has 9 heteroatoms. The molecule has 0 saturated carbocycles. The summed E-state index contributed by atoms with van der Waals surface area (Å²) in [7, 11) is 16.1. The molecule has 0 unspecified atom stereocenters. The van der Waals surface area contributed by atoms with Gasteiger partial charge in [0.1, 0.15) is 0 Å². The van der Waals surface area contributed by atoms with E-state index in [1.54, 1.807) is 0 Å². The molecule has 0 bridgehead atoms. The van der Waals surface area contributed by atoms with Gasteiger partial charge in [0, 0.05) is 95.6 Å². The topological polar surface area (TPSA) is 13.0 Å². The predicted octanol–water partition coefficient (Wildman–Crippen LogP) is 7.47. The molecule has 0 aliphatic rings. The monoisotopic (exact) mass is 714 g/mol. The van der Waals surface area contributed by atoms with Crippen molar-refractivity contribution in [2.75, 3.05) is 76.0 Å². The number of hydrogen-bond acceptors (Lipinski definition) is 8. The minimum atomic E-state index is 0. The van der Waals surface area contributed by atoms with Gasteiger partial charge in [-0.3, -0.25) is 0 Å². The van der Waals surface area contributed by atoms with Crippen molar-refractivity contribution in [2.24, 2.45) is 0 Å². The second-order valence-corrected chi connectivity index (χ2v) is 12.7. The van der Waals surface area contributed by atoms with Crippen LogP contribution in [0.5, 0.6) is 0 Å². The van der Waals surface area contributed by atoms with Gasteiger partial charge in [0.25, 0.3) is 0 Å². The van der Waals surface area contributed by atoms with Crippen LogP contribution in [0.15, 0.2) is 97.1 Å². The Bertz CT molecular complexity index is 1320. The van der Waals surface area contributed by atoms with Crippen LogP contribution in [-0.2, 0) is 67.0 Å². The first kappa shape index (κ1) is 38.1. The number of benzene rings is 4. The van der Waals surface area contributed by atoms with Crippen molar-refractivity contribution < 1.29 is 16.5 Å². The molecule has 0 radical (unpaired) electrons. The molecule has 4 aromatic rings. The standard InChI is InChI=1S/2C18H22N2S2.Ni/c2*1-19(2)15-9-5-13(6-10-15)17(21)18(22)14-7-11-16(12-8-14)20(3)4;/h2*5-12,21-22H,1-4H3;/p-4. The van der Waals surface area contributed by atoms with E-state index in [1.807, 2.05) is 105 Å². The summed E-state index contributed by atoms with van der Waals surface area (Å²) < 4.78 is 0. The maximum atomic E-state index is 5.55. The summed E-state index contributed by atoms with van der Waals surface area (Å²) in [5.74, 6) is 0. The van der Waals surface area contributed by atoms with E-state index in [0.717, 1.165) is 64.6 Å². The van der Waals surface area contributed by atoms with Crippen molar-refractivity contribution in [2.45, 2.75) is 0 Å². The van der Waals surface area contributed by atoms with E-state index in [-0.39, 0.29) is 16.5 Å². The molecule has 45 heavy (non-hydrogen) atoms. The molecule has 4 aromatic carbocycles. The van der Waals surface area contributed by atoms with Crippen LogP contribution >= 0.6 is 0 Å². The first-order valence-electron chi connectivity index (χ1n) is 14.1.